The number of rotatable bonds is 6. The maximum Gasteiger partial charge on any atom is 0.573 e. The largest absolute Gasteiger partial charge is 0.573 e. The van der Waals surface area contributed by atoms with Crippen molar-refractivity contribution < 1.29 is 27.4 Å². The fourth-order valence-corrected chi connectivity index (χ4v) is 2.96. The zero-order valence-corrected chi connectivity index (χ0v) is 15.4. The first-order chi connectivity index (χ1) is 13.2. The molecule has 1 N–H and O–H groups in total. The Hall–Kier alpha value is -3.03. The number of aromatic nitrogens is 2. The van der Waals surface area contributed by atoms with Crippen LogP contribution in [0.3, 0.4) is 0 Å². The number of imidazole rings is 1. The summed E-state index contributed by atoms with van der Waals surface area (Å²) in [7, 11) is 1.36. The number of hydrogen-bond donors (Lipinski definition) is 1. The van der Waals surface area contributed by atoms with Crippen LogP contribution in [0.4, 0.5) is 13.2 Å². The van der Waals surface area contributed by atoms with Gasteiger partial charge in [0.25, 0.3) is 0 Å². The van der Waals surface area contributed by atoms with E-state index in [-0.39, 0.29) is 11.7 Å². The van der Waals surface area contributed by atoms with Crippen molar-refractivity contribution in [1.29, 1.82) is 0 Å². The summed E-state index contributed by atoms with van der Waals surface area (Å²) >= 11 is 0. The van der Waals surface area contributed by atoms with Crippen molar-refractivity contribution in [3.63, 3.8) is 0 Å². The smallest absolute Gasteiger partial charge is 0.469 e. The molecule has 1 aromatic heterocycles. The standard InChI is InChI=1S/C20H19F3N2O3/c1-12-9-16-17(11-14(12)5-8-19(26)27-2)25-18(24-16)10-13-3-6-15(7-4-13)28-20(21,22)23/h3-4,6-7,9,11H,5,8,10H2,1-2H3,(H,24,25). The first-order valence-electron chi connectivity index (χ1n) is 8.63. The minimum absolute atomic E-state index is 0.258. The summed E-state index contributed by atoms with van der Waals surface area (Å²) in [5.41, 5.74) is 4.50. The van der Waals surface area contributed by atoms with Gasteiger partial charge in [0.15, 0.2) is 0 Å². The van der Waals surface area contributed by atoms with Crippen LogP contribution in [0.2, 0.25) is 0 Å². The molecule has 0 radical (unpaired) electrons. The predicted octanol–water partition coefficient (Wildman–Crippen LogP) is 4.47. The van der Waals surface area contributed by atoms with Crippen LogP contribution in [0.25, 0.3) is 11.0 Å². The van der Waals surface area contributed by atoms with Crippen LogP contribution in [0.15, 0.2) is 36.4 Å². The van der Waals surface area contributed by atoms with Crippen LogP contribution >= 0.6 is 0 Å². The molecule has 8 heteroatoms. The molecule has 0 fully saturated rings. The van der Waals surface area contributed by atoms with Gasteiger partial charge in [0.2, 0.25) is 0 Å². The minimum atomic E-state index is -4.70. The molecule has 3 rings (SSSR count). The minimum Gasteiger partial charge on any atom is -0.469 e. The second-order valence-corrected chi connectivity index (χ2v) is 6.42. The summed E-state index contributed by atoms with van der Waals surface area (Å²) in [6, 6.07) is 9.61. The van der Waals surface area contributed by atoms with E-state index in [0.717, 1.165) is 27.7 Å². The Kier molecular flexibility index (Phi) is 5.58. The normalized spacial score (nSPS) is 11.6. The number of halogens is 3. The molecule has 0 bridgehead atoms. The quantitative estimate of drug-likeness (QED) is 0.629. The fraction of sp³-hybridized carbons (Fsp3) is 0.300. The number of aryl methyl sites for hydroxylation is 2. The molecule has 3 aromatic rings. The van der Waals surface area contributed by atoms with Gasteiger partial charge in [-0.25, -0.2) is 4.98 Å². The van der Waals surface area contributed by atoms with E-state index in [1.807, 2.05) is 19.1 Å². The van der Waals surface area contributed by atoms with Crippen LogP contribution < -0.4 is 4.74 Å². The van der Waals surface area contributed by atoms with Crippen LogP contribution in [-0.4, -0.2) is 29.4 Å². The molecule has 0 aliphatic carbocycles. The SMILES string of the molecule is COC(=O)CCc1cc2nc(Cc3ccc(OC(F)(F)F)cc3)[nH]c2cc1C. The van der Waals surface area contributed by atoms with Gasteiger partial charge < -0.3 is 14.5 Å². The predicted molar refractivity (Wildman–Crippen MR) is 97.1 cm³/mol. The number of benzene rings is 2. The molecule has 1 heterocycles. The molecular weight excluding hydrogens is 373 g/mol. The van der Waals surface area contributed by atoms with E-state index < -0.39 is 6.36 Å². The van der Waals surface area contributed by atoms with E-state index in [0.29, 0.717) is 25.1 Å². The molecule has 0 saturated heterocycles. The number of ether oxygens (including phenoxy) is 2. The first kappa shape index (κ1) is 19.7. The second-order valence-electron chi connectivity index (χ2n) is 6.42. The number of carbonyl (C=O) groups is 1. The van der Waals surface area contributed by atoms with Crippen LogP contribution in [0.1, 0.15) is 28.9 Å². The summed E-state index contributed by atoms with van der Waals surface area (Å²) < 4.78 is 45.2. The number of H-pyrrole nitrogens is 1. The van der Waals surface area contributed by atoms with Gasteiger partial charge in [-0.1, -0.05) is 12.1 Å². The van der Waals surface area contributed by atoms with Crippen LogP contribution in [-0.2, 0) is 22.4 Å². The number of carbonyl (C=O) groups excluding carboxylic acids is 1. The van der Waals surface area contributed by atoms with E-state index in [4.69, 9.17) is 0 Å². The van der Waals surface area contributed by atoms with Gasteiger partial charge in [0.05, 0.1) is 18.1 Å². The van der Waals surface area contributed by atoms with Crippen molar-refractivity contribution in [3.8, 4) is 5.75 Å². The van der Waals surface area contributed by atoms with Gasteiger partial charge >= 0.3 is 12.3 Å². The second kappa shape index (κ2) is 7.92. The van der Waals surface area contributed by atoms with Crippen LogP contribution in [0.5, 0.6) is 5.75 Å². The molecule has 0 aliphatic rings. The molecule has 0 saturated carbocycles. The maximum atomic E-state index is 12.2. The zero-order valence-electron chi connectivity index (χ0n) is 15.4. The van der Waals surface area contributed by atoms with Gasteiger partial charge in [0, 0.05) is 12.8 Å². The van der Waals surface area contributed by atoms with E-state index in [1.54, 1.807) is 12.1 Å². The van der Waals surface area contributed by atoms with Crippen LogP contribution in [0, 0.1) is 6.92 Å². The van der Waals surface area contributed by atoms with Gasteiger partial charge in [-0.3, -0.25) is 4.79 Å². The molecule has 0 aliphatic heterocycles. The van der Waals surface area contributed by atoms with E-state index in [1.165, 1.54) is 19.2 Å². The Morgan fingerprint density at radius 2 is 1.89 bits per heavy atom. The topological polar surface area (TPSA) is 64.2 Å². The monoisotopic (exact) mass is 392 g/mol. The molecule has 2 aromatic carbocycles. The number of aromatic amines is 1. The molecule has 148 valence electrons. The number of hydrogen-bond acceptors (Lipinski definition) is 4. The summed E-state index contributed by atoms with van der Waals surface area (Å²) in [4.78, 5) is 19.1. The Bertz CT molecular complexity index is 979. The molecule has 0 amide bonds. The lowest BCUT2D eigenvalue weighted by molar-refractivity contribution is -0.274. The summed E-state index contributed by atoms with van der Waals surface area (Å²) in [5.74, 6) is 0.177. The number of nitrogens with one attached hydrogen (secondary N) is 1. The van der Waals surface area contributed by atoms with Gasteiger partial charge in [-0.2, -0.15) is 0 Å². The Labute approximate surface area is 159 Å². The van der Waals surface area contributed by atoms with Crippen molar-refractivity contribution in [2.75, 3.05) is 7.11 Å². The molecule has 0 spiro atoms. The Morgan fingerprint density at radius 3 is 2.54 bits per heavy atom. The number of alkyl halides is 3. The number of fused-ring (bicyclic) bond motifs is 1. The number of nitrogens with zero attached hydrogens (tertiary/aromatic N) is 1. The molecular formula is C20H19F3N2O3. The third-order valence-corrected chi connectivity index (χ3v) is 4.34. The first-order valence-corrected chi connectivity index (χ1v) is 8.63. The number of methoxy groups -OCH3 is 1. The molecule has 28 heavy (non-hydrogen) atoms. The highest BCUT2D eigenvalue weighted by Crippen LogP contribution is 2.24. The fourth-order valence-electron chi connectivity index (χ4n) is 2.96. The van der Waals surface area contributed by atoms with Crippen molar-refractivity contribution in [3.05, 3.63) is 58.9 Å². The zero-order chi connectivity index (χ0) is 20.3. The summed E-state index contributed by atoms with van der Waals surface area (Å²) in [6.07, 6.45) is -3.40. The lowest BCUT2D eigenvalue weighted by atomic mass is 10.0. The van der Waals surface area contributed by atoms with Crippen molar-refractivity contribution >= 4 is 17.0 Å². The maximum absolute atomic E-state index is 12.2. The Balaban J connectivity index is 1.74. The lowest BCUT2D eigenvalue weighted by Crippen LogP contribution is -2.17. The third-order valence-electron chi connectivity index (χ3n) is 4.34. The summed E-state index contributed by atoms with van der Waals surface area (Å²) in [6.45, 7) is 1.96. The van der Waals surface area contributed by atoms with Crippen molar-refractivity contribution in [1.82, 2.24) is 9.97 Å². The highest BCUT2D eigenvalue weighted by Gasteiger charge is 2.30. The molecule has 0 atom stereocenters. The molecule has 5 nitrogen and oxygen atoms in total. The van der Waals surface area contributed by atoms with Gasteiger partial charge in [-0.15, -0.1) is 13.2 Å². The lowest BCUT2D eigenvalue weighted by Gasteiger charge is -2.08. The molecule has 0 unspecified atom stereocenters. The summed E-state index contributed by atoms with van der Waals surface area (Å²) in [5, 5.41) is 0. The van der Waals surface area contributed by atoms with Crippen molar-refractivity contribution in [2.24, 2.45) is 0 Å². The van der Waals surface area contributed by atoms with E-state index in [2.05, 4.69) is 19.4 Å². The highest BCUT2D eigenvalue weighted by molar-refractivity contribution is 5.77. The average molecular weight is 392 g/mol. The van der Waals surface area contributed by atoms with E-state index >= 15 is 0 Å². The van der Waals surface area contributed by atoms with Crippen molar-refractivity contribution in [2.45, 2.75) is 32.5 Å². The van der Waals surface area contributed by atoms with Gasteiger partial charge in [0.1, 0.15) is 11.6 Å². The van der Waals surface area contributed by atoms with E-state index in [9.17, 15) is 18.0 Å². The highest BCUT2D eigenvalue weighted by atomic mass is 19.4. The third kappa shape index (κ3) is 5.03. The Morgan fingerprint density at radius 1 is 1.18 bits per heavy atom. The average Bonchev–Trinajstić information content (AvgIpc) is 3.00. The number of esters is 1. The van der Waals surface area contributed by atoms with Gasteiger partial charge in [-0.05, 0) is 54.3 Å².